The van der Waals surface area contributed by atoms with Gasteiger partial charge in [0.2, 0.25) is 5.91 Å². The Kier molecular flexibility index (Phi) is 5.55. The van der Waals surface area contributed by atoms with Crippen molar-refractivity contribution in [2.45, 2.75) is 51.1 Å². The highest BCUT2D eigenvalue weighted by molar-refractivity contribution is 6.36. The fourth-order valence-electron chi connectivity index (χ4n) is 2.48. The van der Waals surface area contributed by atoms with Crippen LogP contribution in [0.2, 0.25) is 10.0 Å². The molecule has 20 heavy (non-hydrogen) atoms. The molecule has 0 spiro atoms. The van der Waals surface area contributed by atoms with E-state index in [4.69, 9.17) is 23.2 Å². The molecule has 1 atom stereocenters. The smallest absolute Gasteiger partial charge is 0.242 e. The van der Waals surface area contributed by atoms with E-state index in [0.717, 1.165) is 18.5 Å². The third-order valence-electron chi connectivity index (χ3n) is 3.65. The Hall–Kier alpha value is -0.930. The number of hydrogen-bond acceptors (Lipinski definition) is 2. The van der Waals surface area contributed by atoms with E-state index >= 15 is 0 Å². The maximum absolute atomic E-state index is 12.2. The zero-order valence-electron chi connectivity index (χ0n) is 11.6. The molecule has 0 bridgehead atoms. The van der Waals surface area contributed by atoms with Crippen molar-refractivity contribution >= 4 is 34.8 Å². The predicted octanol–water partition coefficient (Wildman–Crippen LogP) is 4.24. The monoisotopic (exact) mass is 314 g/mol. The maximum Gasteiger partial charge on any atom is 0.242 e. The van der Waals surface area contributed by atoms with Crippen molar-refractivity contribution in [3.05, 3.63) is 28.2 Å². The second-order valence-corrected chi connectivity index (χ2v) is 6.18. The zero-order chi connectivity index (χ0) is 14.5. The third kappa shape index (κ3) is 4.29. The van der Waals surface area contributed by atoms with Crippen molar-refractivity contribution in [2.24, 2.45) is 0 Å². The molecule has 1 aliphatic rings. The molecule has 0 aromatic heterocycles. The Labute approximate surface area is 130 Å². The molecule has 110 valence electrons. The number of carbonyl (C=O) groups is 1. The second kappa shape index (κ2) is 7.19. The van der Waals surface area contributed by atoms with Crippen molar-refractivity contribution in [3.63, 3.8) is 0 Å². The van der Waals surface area contributed by atoms with Gasteiger partial charge in [-0.25, -0.2) is 0 Å². The molecule has 1 fully saturated rings. The van der Waals surface area contributed by atoms with E-state index in [9.17, 15) is 4.79 Å². The standard InChI is InChI=1S/C15H20Cl2N2O/c1-10(15(20)19-12-5-3-2-4-6-12)18-14-8-7-11(16)9-13(14)17/h7-10,12,18H,2-6H2,1H3,(H,19,20). The highest BCUT2D eigenvalue weighted by Crippen LogP contribution is 2.26. The van der Waals surface area contributed by atoms with Gasteiger partial charge in [-0.2, -0.15) is 0 Å². The molecule has 1 aromatic carbocycles. The summed E-state index contributed by atoms with van der Waals surface area (Å²) in [4.78, 5) is 12.2. The molecule has 0 heterocycles. The second-order valence-electron chi connectivity index (χ2n) is 5.33. The Morgan fingerprint density at radius 3 is 2.60 bits per heavy atom. The number of benzene rings is 1. The molecule has 2 N–H and O–H groups in total. The SMILES string of the molecule is CC(Nc1ccc(Cl)cc1Cl)C(=O)NC1CCCCC1. The molecule has 1 amide bonds. The molecular formula is C15H20Cl2N2O. The number of rotatable bonds is 4. The summed E-state index contributed by atoms with van der Waals surface area (Å²) in [5.41, 5.74) is 0.724. The van der Waals surface area contributed by atoms with Gasteiger partial charge in [0.25, 0.3) is 0 Å². The fourth-order valence-corrected chi connectivity index (χ4v) is 2.94. The van der Waals surface area contributed by atoms with Crippen molar-refractivity contribution in [1.82, 2.24) is 5.32 Å². The number of nitrogens with one attached hydrogen (secondary N) is 2. The van der Waals surface area contributed by atoms with Crippen molar-refractivity contribution in [2.75, 3.05) is 5.32 Å². The molecule has 1 saturated carbocycles. The maximum atomic E-state index is 12.2. The number of amides is 1. The summed E-state index contributed by atoms with van der Waals surface area (Å²) in [5, 5.41) is 7.33. The zero-order valence-corrected chi connectivity index (χ0v) is 13.1. The van der Waals surface area contributed by atoms with E-state index < -0.39 is 0 Å². The van der Waals surface area contributed by atoms with Gasteiger partial charge in [-0.1, -0.05) is 42.5 Å². The largest absolute Gasteiger partial charge is 0.373 e. The van der Waals surface area contributed by atoms with Crippen LogP contribution in [0.15, 0.2) is 18.2 Å². The molecule has 5 heteroatoms. The first kappa shape index (κ1) is 15.5. The summed E-state index contributed by atoms with van der Waals surface area (Å²) in [6.45, 7) is 1.84. The van der Waals surface area contributed by atoms with Crippen LogP contribution >= 0.6 is 23.2 Å². The van der Waals surface area contributed by atoms with E-state index in [1.165, 1.54) is 19.3 Å². The molecule has 0 radical (unpaired) electrons. The van der Waals surface area contributed by atoms with Crippen LogP contribution in [0, 0.1) is 0 Å². The quantitative estimate of drug-likeness (QED) is 0.872. The Morgan fingerprint density at radius 2 is 1.95 bits per heavy atom. The summed E-state index contributed by atoms with van der Waals surface area (Å²) in [6, 6.07) is 5.20. The number of hydrogen-bond donors (Lipinski definition) is 2. The lowest BCUT2D eigenvalue weighted by molar-refractivity contribution is -0.122. The van der Waals surface area contributed by atoms with Crippen LogP contribution < -0.4 is 10.6 Å². The lowest BCUT2D eigenvalue weighted by atomic mass is 9.95. The van der Waals surface area contributed by atoms with Crippen LogP contribution in [0.5, 0.6) is 0 Å². The van der Waals surface area contributed by atoms with Crippen LogP contribution in [0.1, 0.15) is 39.0 Å². The summed E-state index contributed by atoms with van der Waals surface area (Å²) >= 11 is 11.9. The normalized spacial score (nSPS) is 17.6. The van der Waals surface area contributed by atoms with Crippen LogP contribution in [-0.4, -0.2) is 18.0 Å². The van der Waals surface area contributed by atoms with Gasteiger partial charge >= 0.3 is 0 Å². The average molecular weight is 315 g/mol. The van der Waals surface area contributed by atoms with E-state index in [1.54, 1.807) is 18.2 Å². The van der Waals surface area contributed by atoms with Gasteiger partial charge in [0.1, 0.15) is 6.04 Å². The summed E-state index contributed by atoms with van der Waals surface area (Å²) in [7, 11) is 0. The molecule has 0 saturated heterocycles. The van der Waals surface area contributed by atoms with Gasteiger partial charge in [-0.15, -0.1) is 0 Å². The van der Waals surface area contributed by atoms with Gasteiger partial charge in [0.05, 0.1) is 10.7 Å². The van der Waals surface area contributed by atoms with E-state index in [0.29, 0.717) is 16.1 Å². The lowest BCUT2D eigenvalue weighted by Crippen LogP contribution is -2.44. The number of carbonyl (C=O) groups excluding carboxylic acids is 1. The first-order chi connectivity index (χ1) is 9.56. The Morgan fingerprint density at radius 1 is 1.25 bits per heavy atom. The highest BCUT2D eigenvalue weighted by Gasteiger charge is 2.19. The first-order valence-corrected chi connectivity index (χ1v) is 7.84. The summed E-state index contributed by atoms with van der Waals surface area (Å²) in [5.74, 6) is 0.0166. The fraction of sp³-hybridized carbons (Fsp3) is 0.533. The molecule has 1 aliphatic carbocycles. The van der Waals surface area contributed by atoms with Crippen molar-refractivity contribution in [3.8, 4) is 0 Å². The predicted molar refractivity (Wildman–Crippen MR) is 84.6 cm³/mol. The van der Waals surface area contributed by atoms with Crippen LogP contribution in [0.3, 0.4) is 0 Å². The molecular weight excluding hydrogens is 295 g/mol. The van der Waals surface area contributed by atoms with Crippen LogP contribution in [0.4, 0.5) is 5.69 Å². The summed E-state index contributed by atoms with van der Waals surface area (Å²) < 4.78 is 0. The summed E-state index contributed by atoms with van der Waals surface area (Å²) in [6.07, 6.45) is 5.85. The number of halogens is 2. The molecule has 3 nitrogen and oxygen atoms in total. The molecule has 2 rings (SSSR count). The van der Waals surface area contributed by atoms with Gasteiger partial charge < -0.3 is 10.6 Å². The van der Waals surface area contributed by atoms with Crippen LogP contribution in [-0.2, 0) is 4.79 Å². The van der Waals surface area contributed by atoms with Crippen molar-refractivity contribution in [1.29, 1.82) is 0 Å². The number of anilines is 1. The van der Waals surface area contributed by atoms with Gasteiger partial charge in [-0.05, 0) is 38.0 Å². The minimum Gasteiger partial charge on any atom is -0.373 e. The lowest BCUT2D eigenvalue weighted by Gasteiger charge is -2.25. The van der Waals surface area contributed by atoms with Gasteiger partial charge in [-0.3, -0.25) is 4.79 Å². The van der Waals surface area contributed by atoms with E-state index in [2.05, 4.69) is 10.6 Å². The molecule has 0 aliphatic heterocycles. The first-order valence-electron chi connectivity index (χ1n) is 7.08. The van der Waals surface area contributed by atoms with E-state index in [1.807, 2.05) is 6.92 Å². The third-order valence-corrected chi connectivity index (χ3v) is 4.20. The molecule has 1 unspecified atom stereocenters. The Bertz CT molecular complexity index is 473. The average Bonchev–Trinajstić information content (AvgIpc) is 2.43. The van der Waals surface area contributed by atoms with Gasteiger partial charge in [0, 0.05) is 11.1 Å². The van der Waals surface area contributed by atoms with Crippen molar-refractivity contribution < 1.29 is 4.79 Å². The minimum absolute atomic E-state index is 0.0166. The van der Waals surface area contributed by atoms with E-state index in [-0.39, 0.29) is 11.9 Å². The topological polar surface area (TPSA) is 41.1 Å². The highest BCUT2D eigenvalue weighted by atomic mass is 35.5. The van der Waals surface area contributed by atoms with Gasteiger partial charge in [0.15, 0.2) is 0 Å². The Balaban J connectivity index is 1.89. The van der Waals surface area contributed by atoms with Crippen LogP contribution in [0.25, 0.3) is 0 Å². The minimum atomic E-state index is -0.324. The molecule has 1 aromatic rings.